The molecule has 0 radical (unpaired) electrons. The molecule has 0 bridgehead atoms. The Morgan fingerprint density at radius 3 is 2.52 bits per heavy atom. The van der Waals surface area contributed by atoms with E-state index >= 15 is 0 Å². The number of nitrogens with zero attached hydrogens (tertiary/aromatic N) is 2. The highest BCUT2D eigenvalue weighted by atomic mass is 16.5. The Morgan fingerprint density at radius 2 is 1.75 bits per heavy atom. The van der Waals surface area contributed by atoms with Crippen LogP contribution in [0.3, 0.4) is 0 Å². The number of aromatic hydroxyl groups is 1. The number of pyridine rings is 1. The third kappa shape index (κ3) is 6.30. The first kappa shape index (κ1) is 31.6. The normalized spacial score (nSPS) is 22.1. The number of fused-ring (bicyclic) bond motifs is 3. The molecular weight excluding hydrogens is 607 g/mol. The summed E-state index contributed by atoms with van der Waals surface area (Å²) in [5.74, 6) is -1.20. The van der Waals surface area contributed by atoms with Crippen LogP contribution in [0.15, 0.2) is 114 Å². The van der Waals surface area contributed by atoms with Crippen molar-refractivity contribution in [3.63, 3.8) is 0 Å². The summed E-state index contributed by atoms with van der Waals surface area (Å²) >= 11 is 0. The van der Waals surface area contributed by atoms with E-state index in [-0.39, 0.29) is 41.7 Å². The number of amides is 2. The second-order valence-electron chi connectivity index (χ2n) is 12.4. The molecule has 1 aromatic heterocycles. The number of aromatic nitrogens is 1. The van der Waals surface area contributed by atoms with Crippen LogP contribution in [-0.4, -0.2) is 58.4 Å². The SMILES string of the molecule is O=C1[C@@H]2[C@@H](CC(COc3ccccc3)=C3[C@@H](CC/C(=C/c4cccc(O)c4)c4ccccn4)OC[C@@H]32)C(=O)N1c1cccc(B(O)O)c1. The molecule has 0 saturated carbocycles. The van der Waals surface area contributed by atoms with Crippen LogP contribution >= 0.6 is 0 Å². The van der Waals surface area contributed by atoms with Crippen LogP contribution in [0.4, 0.5) is 5.69 Å². The van der Waals surface area contributed by atoms with E-state index in [2.05, 4.69) is 4.98 Å². The van der Waals surface area contributed by atoms with Crippen LogP contribution < -0.4 is 15.1 Å². The van der Waals surface area contributed by atoms with Gasteiger partial charge < -0.3 is 24.6 Å². The van der Waals surface area contributed by atoms with Crippen molar-refractivity contribution < 1.29 is 34.2 Å². The van der Waals surface area contributed by atoms with Crippen molar-refractivity contribution in [2.75, 3.05) is 18.1 Å². The Morgan fingerprint density at radius 1 is 0.938 bits per heavy atom. The Hall–Kier alpha value is -5.03. The van der Waals surface area contributed by atoms with Gasteiger partial charge in [-0.2, -0.15) is 0 Å². The molecule has 242 valence electrons. The summed E-state index contributed by atoms with van der Waals surface area (Å²) < 4.78 is 12.7. The highest BCUT2D eigenvalue weighted by Crippen LogP contribution is 2.50. The number of carbonyl (C=O) groups is 2. The molecule has 2 aliphatic heterocycles. The summed E-state index contributed by atoms with van der Waals surface area (Å²) in [6.45, 7) is 0.562. The summed E-state index contributed by atoms with van der Waals surface area (Å²) in [5.41, 5.74) is 5.16. The molecule has 4 atom stereocenters. The third-order valence-corrected chi connectivity index (χ3v) is 9.47. The first-order chi connectivity index (χ1) is 23.4. The molecule has 0 unspecified atom stereocenters. The standard InChI is InChI=1S/C38H35BN2O7/c42-29-11-6-8-24(19-29)18-25(33-14-4-5-17-40-33)15-16-34-35-26(22-47-30-12-2-1-3-13-30)20-31-36(32(35)23-48-34)38(44)41(37(31)43)28-10-7-9-27(21-28)39(45)46/h1-14,17-19,21,31-32,34,36,42,45-46H,15-16,20,22-23H2/b25-18-/t31-,32+,34-,36-/m1/s1. The van der Waals surface area contributed by atoms with E-state index in [0.717, 1.165) is 28.0 Å². The van der Waals surface area contributed by atoms with E-state index in [1.54, 1.807) is 36.5 Å². The van der Waals surface area contributed by atoms with Crippen molar-refractivity contribution in [1.29, 1.82) is 0 Å². The minimum Gasteiger partial charge on any atom is -0.508 e. The highest BCUT2D eigenvalue weighted by Gasteiger charge is 2.57. The zero-order valence-corrected chi connectivity index (χ0v) is 26.2. The van der Waals surface area contributed by atoms with Gasteiger partial charge in [-0.25, -0.2) is 0 Å². The second-order valence-corrected chi connectivity index (χ2v) is 12.4. The average molecular weight is 643 g/mol. The number of rotatable bonds is 10. The number of imide groups is 1. The van der Waals surface area contributed by atoms with E-state index in [4.69, 9.17) is 9.47 Å². The Balaban J connectivity index is 1.20. The van der Waals surface area contributed by atoms with E-state index in [1.807, 2.05) is 60.7 Å². The van der Waals surface area contributed by atoms with Gasteiger partial charge in [0.15, 0.2) is 0 Å². The van der Waals surface area contributed by atoms with Crippen molar-refractivity contribution in [3.8, 4) is 11.5 Å². The lowest BCUT2D eigenvalue weighted by Crippen LogP contribution is -2.36. The molecule has 4 aromatic rings. The molecule has 10 heteroatoms. The summed E-state index contributed by atoms with van der Waals surface area (Å²) in [7, 11) is -1.73. The monoisotopic (exact) mass is 642 g/mol. The van der Waals surface area contributed by atoms with Gasteiger partial charge >= 0.3 is 7.12 Å². The first-order valence-electron chi connectivity index (χ1n) is 16.1. The van der Waals surface area contributed by atoms with Crippen molar-refractivity contribution in [2.45, 2.75) is 25.4 Å². The highest BCUT2D eigenvalue weighted by molar-refractivity contribution is 6.58. The van der Waals surface area contributed by atoms with Crippen LogP contribution in [0, 0.1) is 17.8 Å². The zero-order valence-electron chi connectivity index (χ0n) is 26.2. The van der Waals surface area contributed by atoms with E-state index in [0.29, 0.717) is 37.3 Å². The maximum atomic E-state index is 14.1. The Labute approximate surface area is 278 Å². The number of allylic oxidation sites excluding steroid dienone is 1. The van der Waals surface area contributed by atoms with Crippen LogP contribution in [0.2, 0.25) is 0 Å². The fourth-order valence-corrected chi connectivity index (χ4v) is 7.30. The van der Waals surface area contributed by atoms with Crippen LogP contribution in [0.25, 0.3) is 11.6 Å². The molecule has 1 aliphatic carbocycles. The summed E-state index contributed by atoms with van der Waals surface area (Å²) in [6.07, 6.45) is 5.06. The molecule has 7 rings (SSSR count). The third-order valence-electron chi connectivity index (χ3n) is 9.47. The summed E-state index contributed by atoms with van der Waals surface area (Å²) in [4.78, 5) is 33.8. The number of phenolic OH excluding ortho intramolecular Hbond substituents is 1. The van der Waals surface area contributed by atoms with Crippen LogP contribution in [0.5, 0.6) is 11.5 Å². The predicted molar refractivity (Wildman–Crippen MR) is 182 cm³/mol. The minimum absolute atomic E-state index is 0.181. The molecule has 0 spiro atoms. The maximum Gasteiger partial charge on any atom is 0.488 e. The molecule has 3 aromatic carbocycles. The molecule has 9 nitrogen and oxygen atoms in total. The smallest absolute Gasteiger partial charge is 0.488 e. The van der Waals surface area contributed by atoms with Crippen molar-refractivity contribution >= 4 is 41.7 Å². The number of ether oxygens (including phenoxy) is 2. The average Bonchev–Trinajstić information content (AvgIpc) is 3.64. The van der Waals surface area contributed by atoms with E-state index in [1.165, 1.54) is 17.0 Å². The lowest BCUT2D eigenvalue weighted by atomic mass is 9.69. The number of anilines is 1. The summed E-state index contributed by atoms with van der Waals surface area (Å²) in [6, 6.07) is 28.6. The molecule has 3 aliphatic rings. The fourth-order valence-electron chi connectivity index (χ4n) is 7.30. The lowest BCUT2D eigenvalue weighted by Gasteiger charge is -2.31. The number of phenols is 1. The first-order valence-corrected chi connectivity index (χ1v) is 16.1. The number of hydrogen-bond donors (Lipinski definition) is 3. The summed E-state index contributed by atoms with van der Waals surface area (Å²) in [5, 5.41) is 29.5. The Bertz CT molecular complexity index is 1880. The Kier molecular flexibility index (Phi) is 8.95. The quantitative estimate of drug-likeness (QED) is 0.132. The van der Waals surface area contributed by atoms with Gasteiger partial charge in [-0.15, -0.1) is 0 Å². The lowest BCUT2D eigenvalue weighted by molar-refractivity contribution is -0.122. The fraction of sp³-hybridized carbons (Fsp3) is 0.237. The minimum atomic E-state index is -1.73. The van der Waals surface area contributed by atoms with Gasteiger partial charge in [0.05, 0.1) is 35.9 Å². The van der Waals surface area contributed by atoms with Crippen LogP contribution in [-0.2, 0) is 14.3 Å². The van der Waals surface area contributed by atoms with Gasteiger partial charge in [-0.05, 0) is 102 Å². The van der Waals surface area contributed by atoms with Crippen molar-refractivity contribution in [1.82, 2.24) is 4.98 Å². The predicted octanol–water partition coefficient (Wildman–Crippen LogP) is 4.39. The molecule has 2 fully saturated rings. The van der Waals surface area contributed by atoms with E-state index < -0.39 is 19.0 Å². The van der Waals surface area contributed by atoms with Gasteiger partial charge in [0, 0.05) is 12.1 Å². The number of hydrogen-bond acceptors (Lipinski definition) is 8. The molecule has 3 N–H and O–H groups in total. The zero-order chi connectivity index (χ0) is 33.2. The molecule has 2 amide bonds. The number of para-hydroxylation sites is 1. The molecular formula is C38H35BN2O7. The van der Waals surface area contributed by atoms with Gasteiger partial charge in [0.25, 0.3) is 0 Å². The van der Waals surface area contributed by atoms with Crippen LogP contribution in [0.1, 0.15) is 30.5 Å². The van der Waals surface area contributed by atoms with Gasteiger partial charge in [-0.1, -0.05) is 48.5 Å². The number of benzene rings is 3. The second kappa shape index (κ2) is 13.6. The largest absolute Gasteiger partial charge is 0.508 e. The topological polar surface area (TPSA) is 129 Å². The van der Waals surface area contributed by atoms with E-state index in [9.17, 15) is 24.7 Å². The molecule has 48 heavy (non-hydrogen) atoms. The molecule has 2 saturated heterocycles. The molecule has 3 heterocycles. The van der Waals surface area contributed by atoms with Gasteiger partial charge in [0.2, 0.25) is 11.8 Å². The van der Waals surface area contributed by atoms with Crippen molar-refractivity contribution in [2.24, 2.45) is 17.8 Å². The number of carbonyl (C=O) groups excluding carboxylic acids is 2. The van der Waals surface area contributed by atoms with Gasteiger partial charge in [-0.3, -0.25) is 19.5 Å². The van der Waals surface area contributed by atoms with Gasteiger partial charge in [0.1, 0.15) is 18.1 Å². The maximum absolute atomic E-state index is 14.1. The van der Waals surface area contributed by atoms with Crippen molar-refractivity contribution in [3.05, 3.63) is 126 Å².